The van der Waals surface area contributed by atoms with Gasteiger partial charge in [0.05, 0.1) is 35.8 Å². The van der Waals surface area contributed by atoms with Crippen LogP contribution in [-0.2, 0) is 19.0 Å². The van der Waals surface area contributed by atoms with Gasteiger partial charge in [-0.05, 0) is 175 Å². The first-order valence-corrected chi connectivity index (χ1v) is 26.9. The number of fused-ring (bicyclic) bond motifs is 7. The molecule has 0 radical (unpaired) electrons. The van der Waals surface area contributed by atoms with Gasteiger partial charge in [0.2, 0.25) is 0 Å². The van der Waals surface area contributed by atoms with Crippen molar-refractivity contribution in [3.63, 3.8) is 0 Å². The van der Waals surface area contributed by atoms with E-state index in [1.165, 1.54) is 147 Å². The van der Waals surface area contributed by atoms with E-state index in [2.05, 4.69) is 33.8 Å². The van der Waals surface area contributed by atoms with Crippen molar-refractivity contribution in [1.82, 2.24) is 0 Å². The van der Waals surface area contributed by atoms with Gasteiger partial charge in [0, 0.05) is 32.4 Å². The Morgan fingerprint density at radius 2 is 1.43 bits per heavy atom. The summed E-state index contributed by atoms with van der Waals surface area (Å²) in [5, 5.41) is 0. The highest BCUT2D eigenvalue weighted by atomic mass is 79.9. The fourth-order valence-electron chi connectivity index (χ4n) is 16.8. The van der Waals surface area contributed by atoms with Crippen molar-refractivity contribution in [1.29, 1.82) is 0 Å². The molecule has 0 aromatic heterocycles. The zero-order valence-electron chi connectivity index (χ0n) is 36.4. The molecule has 2 saturated heterocycles. The minimum Gasteiger partial charge on any atom is -1.00 e. The van der Waals surface area contributed by atoms with Gasteiger partial charge in [-0.15, -0.1) is 0 Å². The van der Waals surface area contributed by atoms with E-state index in [0.717, 1.165) is 67.0 Å². The van der Waals surface area contributed by atoms with Crippen LogP contribution in [0.25, 0.3) is 0 Å². The number of carbonyl (C=O) groups excluding carboxylic acids is 1. The Bertz CT molecular complexity index is 1330. The molecule has 318 valence electrons. The average molecular weight is 858 g/mol. The molecule has 0 aromatic rings. The molecule has 8 fully saturated rings. The Hall–Kier alpha value is 0.0400. The summed E-state index contributed by atoms with van der Waals surface area (Å²) in [6.07, 6.45) is 40.8. The van der Waals surface area contributed by atoms with Gasteiger partial charge in [0.25, 0.3) is 0 Å². The number of allylic oxidation sites excluding steroid dienone is 1. The third-order valence-corrected chi connectivity index (χ3v) is 26.3. The van der Waals surface area contributed by atoms with Crippen molar-refractivity contribution < 1.29 is 36.0 Å². The van der Waals surface area contributed by atoms with Gasteiger partial charge in [0.1, 0.15) is 6.10 Å². The van der Waals surface area contributed by atoms with Crippen LogP contribution < -0.4 is 17.0 Å². The molecule has 56 heavy (non-hydrogen) atoms. The first-order valence-electron chi connectivity index (χ1n) is 24.7. The number of carbonyl (C=O) groups is 1. The number of unbranched alkanes of at least 4 members (excludes halogenated alkanes) is 1. The molecule has 0 aromatic carbocycles. The second-order valence-corrected chi connectivity index (χ2v) is 26.8. The highest BCUT2D eigenvalue weighted by Crippen LogP contribution is 2.78. The minimum atomic E-state index is -1.06. The van der Waals surface area contributed by atoms with Crippen LogP contribution >= 0.6 is 7.26 Å². The summed E-state index contributed by atoms with van der Waals surface area (Å²) < 4.78 is 20.0. The summed E-state index contributed by atoms with van der Waals surface area (Å²) >= 11 is 0. The Kier molecular flexibility index (Phi) is 13.3. The standard InChI is InChI=1S/C50H82O4P.BrH/c1-35-25-30-50(52-34-35)36(2)47-45(54-50)33-44-42-24-23-37-32-38(26-28-48(37,3)43(42)27-29-49(44,47)4)53-46(51)22-14-15-31-55(39-16-8-5-9-17-39,40-18-10-6-11-19-40)41-20-12-7-13-21-41;/h23,35-36,38-45,47H,5-22,24-34H2,1-4H3;1H/q+1;/p-1/t35-,36+,38+,42-,43+,44+,45+,47+,48+,49+,50-;/m1./s1. The molecule has 4 nitrogen and oxygen atoms in total. The van der Waals surface area contributed by atoms with E-state index in [1.54, 1.807) is 5.57 Å². The smallest absolute Gasteiger partial charge is 0.306 e. The highest BCUT2D eigenvalue weighted by molar-refractivity contribution is 7.77. The number of rotatable bonds is 9. The average Bonchev–Trinajstić information content (AvgIpc) is 3.66. The van der Waals surface area contributed by atoms with Crippen LogP contribution in [0.5, 0.6) is 0 Å². The van der Waals surface area contributed by atoms with Crippen LogP contribution in [0.2, 0.25) is 0 Å². The molecular weight excluding hydrogens is 775 g/mol. The first kappa shape index (κ1) is 42.7. The van der Waals surface area contributed by atoms with Crippen molar-refractivity contribution in [2.24, 2.45) is 46.3 Å². The first-order chi connectivity index (χ1) is 26.7. The lowest BCUT2D eigenvalue weighted by Gasteiger charge is -2.58. The number of esters is 1. The van der Waals surface area contributed by atoms with E-state index in [0.29, 0.717) is 35.7 Å². The van der Waals surface area contributed by atoms with Crippen LogP contribution in [0.15, 0.2) is 11.6 Å². The molecule has 0 unspecified atom stereocenters. The molecule has 7 aliphatic carbocycles. The maximum atomic E-state index is 13.6. The molecule has 2 heterocycles. The van der Waals surface area contributed by atoms with E-state index >= 15 is 0 Å². The predicted octanol–water partition coefficient (Wildman–Crippen LogP) is 10.5. The topological polar surface area (TPSA) is 44.8 Å². The fraction of sp³-hybridized carbons (Fsp3) is 0.940. The molecule has 11 atom stereocenters. The summed E-state index contributed by atoms with van der Waals surface area (Å²) in [5.74, 6) is 3.84. The van der Waals surface area contributed by atoms with Gasteiger partial charge >= 0.3 is 5.97 Å². The fourth-order valence-corrected chi connectivity index (χ4v) is 24.4. The lowest BCUT2D eigenvalue weighted by Crippen LogP contribution is -3.00. The van der Waals surface area contributed by atoms with E-state index < -0.39 is 7.26 Å². The predicted molar refractivity (Wildman–Crippen MR) is 228 cm³/mol. The molecule has 0 N–H and O–H groups in total. The van der Waals surface area contributed by atoms with Crippen LogP contribution in [0.4, 0.5) is 0 Å². The van der Waals surface area contributed by atoms with Crippen molar-refractivity contribution >= 4 is 13.2 Å². The minimum absolute atomic E-state index is 0. The molecule has 0 amide bonds. The second kappa shape index (κ2) is 17.4. The van der Waals surface area contributed by atoms with Crippen LogP contribution in [-0.4, -0.2) is 53.7 Å². The molecule has 0 bridgehead atoms. The molecule has 9 aliphatic rings. The number of hydrogen-bond acceptors (Lipinski definition) is 4. The molecule has 6 heteroatoms. The maximum Gasteiger partial charge on any atom is 0.306 e. The van der Waals surface area contributed by atoms with Crippen molar-refractivity contribution in [3.05, 3.63) is 11.6 Å². The van der Waals surface area contributed by atoms with E-state index in [1.807, 2.05) is 0 Å². The summed E-state index contributed by atoms with van der Waals surface area (Å²) in [6.45, 7) is 10.9. The van der Waals surface area contributed by atoms with Crippen LogP contribution in [0, 0.1) is 46.3 Å². The van der Waals surface area contributed by atoms with Gasteiger partial charge in [-0.1, -0.05) is 58.6 Å². The Labute approximate surface area is 354 Å². The van der Waals surface area contributed by atoms with Gasteiger partial charge < -0.3 is 31.2 Å². The summed E-state index contributed by atoms with van der Waals surface area (Å²) in [4.78, 5) is 13.6. The van der Waals surface area contributed by atoms with Crippen LogP contribution in [0.1, 0.15) is 201 Å². The normalized spacial score (nSPS) is 43.5. The summed E-state index contributed by atoms with van der Waals surface area (Å²) in [6, 6.07) is 0. The quantitative estimate of drug-likeness (QED) is 0.100. The number of ether oxygens (including phenoxy) is 3. The lowest BCUT2D eigenvalue weighted by molar-refractivity contribution is -0.272. The van der Waals surface area contributed by atoms with E-state index in [4.69, 9.17) is 14.2 Å². The third kappa shape index (κ3) is 7.54. The molecule has 1 spiro atoms. The lowest BCUT2D eigenvalue weighted by atomic mass is 9.47. The van der Waals surface area contributed by atoms with E-state index in [-0.39, 0.29) is 40.3 Å². The van der Waals surface area contributed by atoms with Gasteiger partial charge in [-0.3, -0.25) is 4.79 Å². The molecule has 9 rings (SSSR count). The van der Waals surface area contributed by atoms with Crippen molar-refractivity contribution in [2.45, 2.75) is 236 Å². The monoisotopic (exact) mass is 857 g/mol. The highest BCUT2D eigenvalue weighted by Gasteiger charge is 2.69. The summed E-state index contributed by atoms with van der Waals surface area (Å²) in [7, 11) is -1.06. The Morgan fingerprint density at radius 3 is 2.04 bits per heavy atom. The van der Waals surface area contributed by atoms with Crippen molar-refractivity contribution in [2.75, 3.05) is 12.8 Å². The zero-order chi connectivity index (χ0) is 37.8. The summed E-state index contributed by atoms with van der Waals surface area (Å²) in [5.41, 5.74) is 5.42. The molecule has 6 saturated carbocycles. The van der Waals surface area contributed by atoms with Gasteiger partial charge in [-0.2, -0.15) is 0 Å². The third-order valence-electron chi connectivity index (χ3n) is 19.6. The Balaban J connectivity index is 0.00000441. The zero-order valence-corrected chi connectivity index (χ0v) is 38.9. The SMILES string of the molecule is C[C@@H]1CC[C@@]2(OC1)O[C@H]1C[C@H]3[C@@H]4CC=C5C[C@@H](OC(=O)CCCC[P+](C6CCCCC6)(C6CCCCC6)C6CCCCC6)CC[C@]5(C)[C@H]4CC[C@]3(C)[C@H]1[C@@H]2C.[Br-]. The number of halogens is 1. The molecular formula is C50H82BrO4P. The van der Waals surface area contributed by atoms with Crippen molar-refractivity contribution in [3.8, 4) is 0 Å². The number of hydrogen-bond donors (Lipinski definition) is 0. The van der Waals surface area contributed by atoms with E-state index in [9.17, 15) is 4.79 Å². The molecule has 2 aliphatic heterocycles. The Morgan fingerprint density at radius 1 is 0.786 bits per heavy atom. The van der Waals surface area contributed by atoms with Gasteiger partial charge in [-0.25, -0.2) is 0 Å². The maximum absolute atomic E-state index is 13.6. The van der Waals surface area contributed by atoms with Crippen LogP contribution in [0.3, 0.4) is 0 Å². The largest absolute Gasteiger partial charge is 1.00 e. The second-order valence-electron chi connectivity index (χ2n) is 22.2. The van der Waals surface area contributed by atoms with Gasteiger partial charge in [0.15, 0.2) is 5.79 Å².